The second kappa shape index (κ2) is 11.1. The molecule has 4 aromatic rings. The molecule has 46 heavy (non-hydrogen) atoms. The van der Waals surface area contributed by atoms with Gasteiger partial charge in [0.25, 0.3) is 11.1 Å². The third kappa shape index (κ3) is 5.39. The molecule has 10 atom stereocenters. The van der Waals surface area contributed by atoms with Gasteiger partial charge in [0.1, 0.15) is 42.4 Å². The molecule has 3 saturated heterocycles. The van der Waals surface area contributed by atoms with E-state index in [1.807, 2.05) is 0 Å². The van der Waals surface area contributed by atoms with Crippen LogP contribution in [0.1, 0.15) is 18.3 Å². The summed E-state index contributed by atoms with van der Waals surface area (Å²) >= 11 is 0. The molecule has 0 amide bonds. The molecule has 25 heteroatoms. The standard InChI is InChI=1S/C21H25N9O14P2/c1-6-25-15-9(17(33)26-6)23-4-29(15)19-11(31)13-7(41-19)2-39-46(37,38)44-14-8(3-40-45(35,36)43-13)42-20(12(14)32)30-5-24-10-16(30)27-21(22)28-18(10)34/h4-5,7-8,11-14,19-20,31-32H,2-3H2,1H3,(H,35,36)(H,37,38)(H,25,26,33)(H3,22,27,28,34)/t7-,8-,11?,12?,13-,14-,19+,20+/m0/s1. The van der Waals surface area contributed by atoms with Crippen LogP contribution in [0.25, 0.3) is 22.3 Å². The number of ether oxygens (including phenoxy) is 2. The maximum Gasteiger partial charge on any atom is 0.472 e. The number of hydrogen-bond donors (Lipinski definition) is 7. The summed E-state index contributed by atoms with van der Waals surface area (Å²) in [6, 6.07) is 0. The zero-order valence-corrected chi connectivity index (χ0v) is 25.0. The Morgan fingerprint density at radius 2 is 1.28 bits per heavy atom. The van der Waals surface area contributed by atoms with Crippen molar-refractivity contribution in [2.45, 2.75) is 56.0 Å². The van der Waals surface area contributed by atoms with Crippen LogP contribution in [-0.4, -0.2) is 109 Å². The van der Waals surface area contributed by atoms with Crippen molar-refractivity contribution in [3.05, 3.63) is 39.2 Å². The number of H-pyrrole nitrogens is 2. The van der Waals surface area contributed by atoms with Gasteiger partial charge in [-0.15, -0.1) is 0 Å². The molecule has 3 aliphatic rings. The number of nitrogen functional groups attached to an aromatic ring is 1. The van der Waals surface area contributed by atoms with Gasteiger partial charge in [0.15, 0.2) is 34.8 Å². The van der Waals surface area contributed by atoms with Crippen molar-refractivity contribution in [1.82, 2.24) is 39.0 Å². The molecule has 4 aromatic heterocycles. The number of anilines is 1. The zero-order chi connectivity index (χ0) is 32.7. The van der Waals surface area contributed by atoms with Gasteiger partial charge in [-0.2, -0.15) is 4.98 Å². The monoisotopic (exact) mass is 689 g/mol. The van der Waals surface area contributed by atoms with Crippen LogP contribution >= 0.6 is 15.6 Å². The highest BCUT2D eigenvalue weighted by Gasteiger charge is 2.54. The van der Waals surface area contributed by atoms with E-state index in [2.05, 4.69) is 29.9 Å². The minimum Gasteiger partial charge on any atom is -0.386 e. The second-order valence-corrected chi connectivity index (χ2v) is 13.3. The Kier molecular flexibility index (Phi) is 7.51. The SMILES string of the molecule is Cc1nc2c(ncn2[C@@H]2O[C@H]3COP(=O)(O)O[C@@H]4C(O)[C@H](n5cnc6c(=O)[nH]c(N)nc65)O[C@H]4COP(=O)(O)O[C@@H]3C2O)c(=O)[nH]1. The van der Waals surface area contributed by atoms with Crippen molar-refractivity contribution in [1.29, 1.82) is 0 Å². The van der Waals surface area contributed by atoms with Gasteiger partial charge in [0, 0.05) is 0 Å². The molecular weight excluding hydrogens is 664 g/mol. The zero-order valence-electron chi connectivity index (χ0n) is 23.2. The average Bonchev–Trinajstić information content (AvgIpc) is 3.72. The van der Waals surface area contributed by atoms with E-state index in [9.17, 15) is 38.7 Å². The number of aliphatic hydroxyl groups excluding tert-OH is 2. The van der Waals surface area contributed by atoms with Crippen molar-refractivity contribution >= 4 is 43.9 Å². The Balaban J connectivity index is 1.18. The normalized spacial score (nSPS) is 37.2. The number of rotatable bonds is 2. The van der Waals surface area contributed by atoms with Gasteiger partial charge in [-0.3, -0.25) is 41.8 Å². The first-order chi connectivity index (χ1) is 21.7. The van der Waals surface area contributed by atoms with Crippen LogP contribution in [0, 0.1) is 6.92 Å². The molecular formula is C21H25N9O14P2. The van der Waals surface area contributed by atoms with Gasteiger partial charge in [0.2, 0.25) is 5.95 Å². The van der Waals surface area contributed by atoms with Crippen LogP contribution < -0.4 is 16.9 Å². The second-order valence-electron chi connectivity index (χ2n) is 10.5. The number of nitrogens with one attached hydrogen (secondary N) is 2. The summed E-state index contributed by atoms with van der Waals surface area (Å²) in [6.07, 6.45) is -10.6. The molecule has 3 fully saturated rings. The van der Waals surface area contributed by atoms with Crippen LogP contribution in [0.3, 0.4) is 0 Å². The van der Waals surface area contributed by atoms with Crippen molar-refractivity contribution in [3.8, 4) is 0 Å². The number of aryl methyl sites for hydroxylation is 1. The Labute approximate surface area is 254 Å². The topological polar surface area (TPSA) is 324 Å². The van der Waals surface area contributed by atoms with Crippen LogP contribution in [0.2, 0.25) is 0 Å². The fourth-order valence-corrected chi connectivity index (χ4v) is 7.41. The number of aliphatic hydroxyl groups is 2. The minimum atomic E-state index is -5.08. The first-order valence-corrected chi connectivity index (χ1v) is 16.3. The Hall–Kier alpha value is -3.44. The molecule has 0 spiro atoms. The highest BCUT2D eigenvalue weighted by molar-refractivity contribution is 7.47. The van der Waals surface area contributed by atoms with Gasteiger partial charge in [-0.1, -0.05) is 0 Å². The lowest BCUT2D eigenvalue weighted by Crippen LogP contribution is -2.39. The van der Waals surface area contributed by atoms with E-state index in [1.165, 1.54) is 11.5 Å². The van der Waals surface area contributed by atoms with Gasteiger partial charge in [0.05, 0.1) is 25.9 Å². The smallest absolute Gasteiger partial charge is 0.386 e. The summed E-state index contributed by atoms with van der Waals surface area (Å²) in [5, 5.41) is 22.3. The number of nitrogens with two attached hydrogens (primary N) is 1. The highest BCUT2D eigenvalue weighted by atomic mass is 31.2. The lowest BCUT2D eigenvalue weighted by atomic mass is 10.1. The molecule has 4 unspecified atom stereocenters. The van der Waals surface area contributed by atoms with Crippen molar-refractivity contribution < 1.29 is 56.7 Å². The molecule has 7 rings (SSSR count). The molecule has 248 valence electrons. The first kappa shape index (κ1) is 31.2. The summed E-state index contributed by atoms with van der Waals surface area (Å²) in [6.45, 7) is -0.192. The van der Waals surface area contributed by atoms with Crippen molar-refractivity contribution in [2.75, 3.05) is 18.9 Å². The van der Waals surface area contributed by atoms with Gasteiger partial charge < -0.3 is 40.2 Å². The maximum absolute atomic E-state index is 13.1. The third-order valence-electron chi connectivity index (χ3n) is 7.48. The summed E-state index contributed by atoms with van der Waals surface area (Å²) in [4.78, 5) is 66.6. The average molecular weight is 689 g/mol. The van der Waals surface area contributed by atoms with E-state index in [-0.39, 0.29) is 34.1 Å². The largest absolute Gasteiger partial charge is 0.472 e. The molecule has 3 aliphatic heterocycles. The Morgan fingerprint density at radius 1 is 0.826 bits per heavy atom. The van der Waals surface area contributed by atoms with Crippen LogP contribution in [-0.2, 0) is 36.7 Å². The van der Waals surface area contributed by atoms with E-state index < -0.39 is 89.1 Å². The number of aromatic nitrogens is 8. The summed E-state index contributed by atoms with van der Waals surface area (Å²) in [5.41, 5.74) is 4.01. The number of nitrogens with zero attached hydrogens (tertiary/aromatic N) is 6. The summed E-state index contributed by atoms with van der Waals surface area (Å²) in [5.74, 6) is -0.0557. The van der Waals surface area contributed by atoms with E-state index in [1.54, 1.807) is 0 Å². The molecule has 0 aromatic carbocycles. The summed E-state index contributed by atoms with van der Waals surface area (Å²) < 4.78 is 60.8. The molecule has 0 radical (unpaired) electrons. The third-order valence-corrected chi connectivity index (χ3v) is 9.45. The molecule has 0 aliphatic carbocycles. The fraction of sp³-hybridized carbons (Fsp3) is 0.524. The highest BCUT2D eigenvalue weighted by Crippen LogP contribution is 2.53. The molecule has 0 bridgehead atoms. The number of fused-ring (bicyclic) bond motifs is 4. The molecule has 8 N–H and O–H groups in total. The summed E-state index contributed by atoms with van der Waals surface area (Å²) in [7, 11) is -10.2. The molecule has 0 saturated carbocycles. The lowest BCUT2D eigenvalue weighted by Gasteiger charge is -2.27. The number of phosphoric ester groups is 2. The Morgan fingerprint density at radius 3 is 1.78 bits per heavy atom. The van der Waals surface area contributed by atoms with Crippen molar-refractivity contribution in [3.63, 3.8) is 0 Å². The maximum atomic E-state index is 13.1. The van der Waals surface area contributed by atoms with E-state index in [4.69, 9.17) is 33.3 Å². The predicted molar refractivity (Wildman–Crippen MR) is 147 cm³/mol. The fourth-order valence-electron chi connectivity index (χ4n) is 5.48. The Bertz CT molecular complexity index is 1900. The van der Waals surface area contributed by atoms with Crippen LogP contribution in [0.15, 0.2) is 22.2 Å². The number of hydrogen-bond acceptors (Lipinski definition) is 17. The quantitative estimate of drug-likeness (QED) is 0.109. The predicted octanol–water partition coefficient (Wildman–Crippen LogP) is -2.32. The van der Waals surface area contributed by atoms with Crippen LogP contribution in [0.5, 0.6) is 0 Å². The van der Waals surface area contributed by atoms with Gasteiger partial charge >= 0.3 is 15.6 Å². The van der Waals surface area contributed by atoms with Gasteiger partial charge in [-0.05, 0) is 6.92 Å². The molecule has 7 heterocycles. The first-order valence-electron chi connectivity index (χ1n) is 13.4. The number of aromatic amines is 2. The number of phosphoric acid groups is 2. The van der Waals surface area contributed by atoms with Crippen molar-refractivity contribution in [2.24, 2.45) is 0 Å². The van der Waals surface area contributed by atoms with E-state index in [0.717, 1.165) is 17.2 Å². The van der Waals surface area contributed by atoms with Crippen LogP contribution in [0.4, 0.5) is 5.95 Å². The van der Waals surface area contributed by atoms with E-state index in [0.29, 0.717) is 0 Å². The minimum absolute atomic E-state index is 0.00445. The lowest BCUT2D eigenvalue weighted by molar-refractivity contribution is -0.0664. The van der Waals surface area contributed by atoms with E-state index >= 15 is 0 Å². The number of imidazole rings is 2. The molecule has 23 nitrogen and oxygen atoms in total. The van der Waals surface area contributed by atoms with Gasteiger partial charge in [-0.25, -0.2) is 24.1 Å².